The summed E-state index contributed by atoms with van der Waals surface area (Å²) in [7, 11) is -2.34. The lowest BCUT2D eigenvalue weighted by molar-refractivity contribution is -0.112. The van der Waals surface area contributed by atoms with E-state index in [9.17, 15) is 4.79 Å². The maximum Gasteiger partial charge on any atom is 0.190 e. The van der Waals surface area contributed by atoms with Crippen molar-refractivity contribution < 1.29 is 4.79 Å². The van der Waals surface area contributed by atoms with E-state index in [-0.39, 0.29) is 0 Å². The topological polar surface area (TPSA) is 17.1 Å². The van der Waals surface area contributed by atoms with Gasteiger partial charge in [-0.05, 0) is 29.6 Å². The molecule has 0 saturated heterocycles. The molecular formula is C24H32OSi. The molecule has 138 valence electrons. The summed E-state index contributed by atoms with van der Waals surface area (Å²) in [5.41, 5.74) is 0. The van der Waals surface area contributed by atoms with Crippen LogP contribution in [0.1, 0.15) is 51.4 Å². The van der Waals surface area contributed by atoms with Gasteiger partial charge in [-0.3, -0.25) is 0 Å². The number of benzene rings is 2. The molecule has 26 heavy (non-hydrogen) atoms. The van der Waals surface area contributed by atoms with Crippen molar-refractivity contribution in [2.45, 2.75) is 57.9 Å². The Kier molecular flexibility index (Phi) is 8.56. The highest BCUT2D eigenvalue weighted by atomic mass is 28.3. The highest BCUT2D eigenvalue weighted by molar-refractivity contribution is 7.21. The molecule has 0 saturated carbocycles. The molecular weight excluding hydrogens is 332 g/mol. The summed E-state index contributed by atoms with van der Waals surface area (Å²) >= 11 is 0. The lowest BCUT2D eigenvalue weighted by atomic mass is 10.1. The van der Waals surface area contributed by atoms with Crippen LogP contribution in [-0.2, 0) is 4.79 Å². The van der Waals surface area contributed by atoms with Crippen molar-refractivity contribution in [3.63, 3.8) is 0 Å². The Morgan fingerprint density at radius 3 is 1.77 bits per heavy atom. The third-order valence-electron chi connectivity index (χ3n) is 5.32. The van der Waals surface area contributed by atoms with E-state index in [0.717, 1.165) is 19.3 Å². The Bertz CT molecular complexity index is 624. The largest absolute Gasteiger partial charge is 0.305 e. The second-order valence-corrected chi connectivity index (χ2v) is 11.2. The smallest absolute Gasteiger partial charge is 0.190 e. The number of carbonyl (C=O) groups excluding carboxylic acids is 1. The highest BCUT2D eigenvalue weighted by Crippen LogP contribution is 2.14. The van der Waals surface area contributed by atoms with Gasteiger partial charge >= 0.3 is 0 Å². The van der Waals surface area contributed by atoms with E-state index in [1.165, 1.54) is 36.1 Å². The molecule has 0 spiro atoms. The molecule has 0 unspecified atom stereocenters. The maximum absolute atomic E-state index is 13.3. The van der Waals surface area contributed by atoms with Gasteiger partial charge in [0.25, 0.3) is 0 Å². The van der Waals surface area contributed by atoms with Crippen LogP contribution in [0, 0.1) is 0 Å². The summed E-state index contributed by atoms with van der Waals surface area (Å²) in [5.74, 6) is 0. The minimum absolute atomic E-state index is 0.460. The molecule has 0 atom stereocenters. The number of allylic oxidation sites excluding steroid dienone is 1. The van der Waals surface area contributed by atoms with Crippen LogP contribution >= 0.6 is 0 Å². The van der Waals surface area contributed by atoms with Crippen LogP contribution in [-0.4, -0.2) is 13.5 Å². The molecule has 2 rings (SSSR count). The first-order chi connectivity index (χ1) is 12.7. The molecule has 0 aliphatic rings. The fraction of sp³-hybridized carbons (Fsp3) is 0.375. The van der Waals surface area contributed by atoms with Gasteiger partial charge < -0.3 is 4.79 Å². The molecule has 1 nitrogen and oxygen atoms in total. The van der Waals surface area contributed by atoms with E-state index in [4.69, 9.17) is 0 Å². The van der Waals surface area contributed by atoms with E-state index < -0.39 is 8.07 Å². The monoisotopic (exact) mass is 364 g/mol. The number of hydrogen-bond acceptors (Lipinski definition) is 1. The minimum Gasteiger partial charge on any atom is -0.305 e. The van der Waals surface area contributed by atoms with Gasteiger partial charge in [0.2, 0.25) is 0 Å². The molecule has 2 heteroatoms. The zero-order valence-corrected chi connectivity index (χ0v) is 17.1. The summed E-state index contributed by atoms with van der Waals surface area (Å²) in [6, 6.07) is 20.8. The van der Waals surface area contributed by atoms with Crippen LogP contribution in [0.25, 0.3) is 0 Å². The van der Waals surface area contributed by atoms with Crippen LogP contribution in [0.4, 0.5) is 0 Å². The molecule has 0 aliphatic heterocycles. The third-order valence-corrected chi connectivity index (χ3v) is 9.66. The van der Waals surface area contributed by atoms with Crippen LogP contribution in [0.3, 0.4) is 0 Å². The second kappa shape index (κ2) is 10.9. The van der Waals surface area contributed by atoms with Crippen LogP contribution < -0.4 is 10.4 Å². The summed E-state index contributed by atoms with van der Waals surface area (Å²) < 4.78 is 0. The molecule has 0 heterocycles. The Morgan fingerprint density at radius 2 is 1.27 bits per heavy atom. The van der Waals surface area contributed by atoms with E-state index in [1.54, 1.807) is 0 Å². The Morgan fingerprint density at radius 1 is 0.808 bits per heavy atom. The summed E-state index contributed by atoms with van der Waals surface area (Å²) in [5, 5.41) is 2.91. The van der Waals surface area contributed by atoms with Crippen molar-refractivity contribution in [2.75, 3.05) is 0 Å². The molecule has 0 bridgehead atoms. The Labute approximate surface area is 160 Å². The molecule has 0 radical (unpaired) electrons. The highest BCUT2D eigenvalue weighted by Gasteiger charge is 2.38. The van der Waals surface area contributed by atoms with E-state index >= 15 is 0 Å². The third kappa shape index (κ3) is 5.53. The van der Waals surface area contributed by atoms with Crippen molar-refractivity contribution in [2.24, 2.45) is 0 Å². The quantitative estimate of drug-likeness (QED) is 0.284. The molecule has 2 aromatic rings. The van der Waals surface area contributed by atoms with E-state index in [2.05, 4.69) is 61.7 Å². The minimum atomic E-state index is -2.34. The first-order valence-corrected chi connectivity index (χ1v) is 12.4. The van der Waals surface area contributed by atoms with Crippen molar-refractivity contribution in [3.05, 3.63) is 73.3 Å². The van der Waals surface area contributed by atoms with Gasteiger partial charge in [0.05, 0.1) is 0 Å². The van der Waals surface area contributed by atoms with Crippen molar-refractivity contribution in [3.8, 4) is 0 Å². The maximum atomic E-state index is 13.3. The molecule has 0 fully saturated rings. The van der Waals surface area contributed by atoms with Gasteiger partial charge in [-0.15, -0.1) is 6.58 Å². The number of unbranched alkanes of at least 4 members (excludes halogenated alkanes) is 6. The van der Waals surface area contributed by atoms with Gasteiger partial charge in [0.1, 0.15) is 5.41 Å². The first kappa shape index (κ1) is 20.4. The average molecular weight is 365 g/mol. The molecule has 0 N–H and O–H groups in total. The fourth-order valence-electron chi connectivity index (χ4n) is 3.56. The van der Waals surface area contributed by atoms with Crippen LogP contribution in [0.2, 0.25) is 6.55 Å². The SMILES string of the molecule is C=CCCCCCCCCC(=O)[Si](C)(c1ccccc1)c1ccccc1. The van der Waals surface area contributed by atoms with Crippen molar-refractivity contribution in [1.82, 2.24) is 0 Å². The van der Waals surface area contributed by atoms with Crippen molar-refractivity contribution in [1.29, 1.82) is 0 Å². The normalized spacial score (nSPS) is 11.3. The fourth-order valence-corrected chi connectivity index (χ4v) is 6.94. The van der Waals surface area contributed by atoms with Crippen LogP contribution in [0.15, 0.2) is 73.3 Å². The zero-order valence-electron chi connectivity index (χ0n) is 16.1. The van der Waals surface area contributed by atoms with E-state index in [1.807, 2.05) is 18.2 Å². The Balaban J connectivity index is 1.96. The number of rotatable bonds is 12. The van der Waals surface area contributed by atoms with Gasteiger partial charge in [-0.1, -0.05) is 99.0 Å². The lowest BCUT2D eigenvalue weighted by Crippen LogP contribution is -2.62. The van der Waals surface area contributed by atoms with E-state index in [0.29, 0.717) is 11.8 Å². The predicted octanol–water partition coefficient (Wildman–Crippen LogP) is 5.29. The number of hydrogen-bond donors (Lipinski definition) is 0. The zero-order chi connectivity index (χ0) is 18.7. The lowest BCUT2D eigenvalue weighted by Gasteiger charge is -2.27. The van der Waals surface area contributed by atoms with Gasteiger partial charge in [0.15, 0.2) is 8.07 Å². The number of carbonyl (C=O) groups is 1. The standard InChI is InChI=1S/C24H32OSi/c1-3-4-5-6-7-8-9-16-21-24(25)26(2,22-17-12-10-13-18-22)23-19-14-11-15-20-23/h3,10-15,17-20H,1,4-9,16,21H2,2H3. The van der Waals surface area contributed by atoms with Gasteiger partial charge in [-0.25, -0.2) is 0 Å². The molecule has 0 aliphatic carbocycles. The first-order valence-electron chi connectivity index (χ1n) is 9.95. The summed E-state index contributed by atoms with van der Waals surface area (Å²) in [6.07, 6.45) is 11.0. The molecule has 2 aromatic carbocycles. The predicted molar refractivity (Wildman–Crippen MR) is 116 cm³/mol. The van der Waals surface area contributed by atoms with Crippen LogP contribution in [0.5, 0.6) is 0 Å². The van der Waals surface area contributed by atoms with Crippen molar-refractivity contribution >= 4 is 23.9 Å². The van der Waals surface area contributed by atoms with Gasteiger partial charge in [-0.2, -0.15) is 0 Å². The average Bonchev–Trinajstić information content (AvgIpc) is 2.70. The molecule has 0 aromatic heterocycles. The summed E-state index contributed by atoms with van der Waals surface area (Å²) in [4.78, 5) is 13.3. The Hall–Kier alpha value is -1.93. The summed E-state index contributed by atoms with van der Waals surface area (Å²) in [6.45, 7) is 5.98. The second-order valence-electron chi connectivity index (χ2n) is 7.23. The van der Waals surface area contributed by atoms with Gasteiger partial charge in [0, 0.05) is 6.42 Å². The molecule has 0 amide bonds.